The summed E-state index contributed by atoms with van der Waals surface area (Å²) in [6, 6.07) is 7.27. The van der Waals surface area contributed by atoms with Crippen LogP contribution in [0.3, 0.4) is 0 Å². The SMILES string of the molecule is CC(C)CN(CC(C)C)C(=O)CCOc1cccc(N)c1. The third kappa shape index (κ3) is 7.02. The first kappa shape index (κ1) is 17.3. The van der Waals surface area contributed by atoms with Crippen LogP contribution < -0.4 is 10.5 Å². The van der Waals surface area contributed by atoms with E-state index < -0.39 is 0 Å². The van der Waals surface area contributed by atoms with Crippen molar-refractivity contribution in [1.29, 1.82) is 0 Å². The lowest BCUT2D eigenvalue weighted by molar-refractivity contribution is -0.132. The number of carbonyl (C=O) groups is 1. The van der Waals surface area contributed by atoms with Crippen molar-refractivity contribution in [3.05, 3.63) is 24.3 Å². The minimum Gasteiger partial charge on any atom is -0.493 e. The van der Waals surface area contributed by atoms with E-state index in [0.29, 0.717) is 36.3 Å². The van der Waals surface area contributed by atoms with Crippen LogP contribution in [0.1, 0.15) is 34.1 Å². The molecule has 0 aromatic heterocycles. The summed E-state index contributed by atoms with van der Waals surface area (Å²) in [5.41, 5.74) is 6.36. The second-order valence-electron chi connectivity index (χ2n) is 6.26. The molecule has 0 saturated carbocycles. The maximum atomic E-state index is 12.3. The summed E-state index contributed by atoms with van der Waals surface area (Å²) in [4.78, 5) is 14.2. The summed E-state index contributed by atoms with van der Waals surface area (Å²) in [7, 11) is 0. The van der Waals surface area contributed by atoms with Gasteiger partial charge in [-0.05, 0) is 24.0 Å². The van der Waals surface area contributed by atoms with Gasteiger partial charge in [0.05, 0.1) is 13.0 Å². The van der Waals surface area contributed by atoms with Crippen LogP contribution in [0, 0.1) is 11.8 Å². The van der Waals surface area contributed by atoms with Gasteiger partial charge in [0.15, 0.2) is 0 Å². The number of hydrogen-bond acceptors (Lipinski definition) is 3. The Hall–Kier alpha value is -1.71. The molecule has 118 valence electrons. The lowest BCUT2D eigenvalue weighted by Crippen LogP contribution is -2.37. The topological polar surface area (TPSA) is 55.6 Å². The van der Waals surface area contributed by atoms with Crippen molar-refractivity contribution in [3.63, 3.8) is 0 Å². The number of nitrogens with two attached hydrogens (primary N) is 1. The van der Waals surface area contributed by atoms with Crippen LogP contribution in [-0.2, 0) is 4.79 Å². The van der Waals surface area contributed by atoms with E-state index in [1.54, 1.807) is 6.07 Å². The second kappa shape index (κ2) is 8.55. The van der Waals surface area contributed by atoms with Crippen molar-refractivity contribution in [3.8, 4) is 5.75 Å². The first-order valence-electron chi connectivity index (χ1n) is 7.64. The average Bonchev–Trinajstić information content (AvgIpc) is 2.36. The number of carbonyl (C=O) groups excluding carboxylic acids is 1. The van der Waals surface area contributed by atoms with E-state index in [2.05, 4.69) is 27.7 Å². The molecule has 0 saturated heterocycles. The summed E-state index contributed by atoms with van der Waals surface area (Å²) < 4.78 is 5.59. The number of nitrogen functional groups attached to an aromatic ring is 1. The molecule has 0 radical (unpaired) electrons. The molecule has 0 unspecified atom stereocenters. The first-order chi connectivity index (χ1) is 9.88. The molecule has 1 aromatic carbocycles. The van der Waals surface area contributed by atoms with Crippen molar-refractivity contribution in [2.24, 2.45) is 11.8 Å². The zero-order chi connectivity index (χ0) is 15.8. The third-order valence-electron chi connectivity index (χ3n) is 2.97. The fourth-order valence-electron chi connectivity index (χ4n) is 2.18. The van der Waals surface area contributed by atoms with Gasteiger partial charge in [0.1, 0.15) is 5.75 Å². The molecule has 0 aliphatic rings. The molecule has 1 aromatic rings. The van der Waals surface area contributed by atoms with Gasteiger partial charge in [-0.1, -0.05) is 33.8 Å². The molecule has 2 N–H and O–H groups in total. The predicted octanol–water partition coefficient (Wildman–Crippen LogP) is 3.18. The van der Waals surface area contributed by atoms with Crippen LogP contribution >= 0.6 is 0 Å². The van der Waals surface area contributed by atoms with E-state index in [1.165, 1.54) is 0 Å². The van der Waals surface area contributed by atoms with E-state index in [4.69, 9.17) is 10.5 Å². The van der Waals surface area contributed by atoms with Crippen molar-refractivity contribution < 1.29 is 9.53 Å². The summed E-state index contributed by atoms with van der Waals surface area (Å²) in [6.45, 7) is 10.5. The predicted molar refractivity (Wildman–Crippen MR) is 87.2 cm³/mol. The Balaban J connectivity index is 2.45. The molecule has 1 rings (SSSR count). The molecule has 0 aliphatic heterocycles. The van der Waals surface area contributed by atoms with E-state index >= 15 is 0 Å². The van der Waals surface area contributed by atoms with E-state index in [9.17, 15) is 4.79 Å². The molecule has 4 heteroatoms. The molecule has 1 amide bonds. The molecule has 0 bridgehead atoms. The van der Waals surface area contributed by atoms with Gasteiger partial charge in [-0.25, -0.2) is 0 Å². The highest BCUT2D eigenvalue weighted by Gasteiger charge is 2.16. The number of ether oxygens (including phenoxy) is 1. The van der Waals surface area contributed by atoms with Gasteiger partial charge >= 0.3 is 0 Å². The smallest absolute Gasteiger partial charge is 0.226 e. The minimum absolute atomic E-state index is 0.154. The monoisotopic (exact) mass is 292 g/mol. The Morgan fingerprint density at radius 3 is 2.33 bits per heavy atom. The lowest BCUT2D eigenvalue weighted by Gasteiger charge is -2.26. The zero-order valence-electron chi connectivity index (χ0n) is 13.6. The molecule has 0 atom stereocenters. The van der Waals surface area contributed by atoms with Gasteiger partial charge in [0, 0.05) is 24.8 Å². The Labute approximate surface area is 128 Å². The van der Waals surface area contributed by atoms with Crippen LogP contribution in [0.2, 0.25) is 0 Å². The number of nitrogens with zero attached hydrogens (tertiary/aromatic N) is 1. The summed E-state index contributed by atoms with van der Waals surface area (Å²) in [5, 5.41) is 0. The maximum Gasteiger partial charge on any atom is 0.226 e. The van der Waals surface area contributed by atoms with Crippen molar-refractivity contribution in [2.45, 2.75) is 34.1 Å². The molecular weight excluding hydrogens is 264 g/mol. The quantitative estimate of drug-likeness (QED) is 0.749. The second-order valence-corrected chi connectivity index (χ2v) is 6.26. The first-order valence-corrected chi connectivity index (χ1v) is 7.64. The molecular formula is C17H28N2O2. The number of rotatable bonds is 8. The normalized spacial score (nSPS) is 11.0. The number of anilines is 1. The molecule has 0 heterocycles. The van der Waals surface area contributed by atoms with Gasteiger partial charge in [0.2, 0.25) is 5.91 Å². The minimum atomic E-state index is 0.154. The van der Waals surface area contributed by atoms with Crippen molar-refractivity contribution in [1.82, 2.24) is 4.90 Å². The van der Waals surface area contributed by atoms with E-state index in [1.807, 2.05) is 23.1 Å². The van der Waals surface area contributed by atoms with E-state index in [0.717, 1.165) is 13.1 Å². The Bertz CT molecular complexity index is 434. The van der Waals surface area contributed by atoms with Gasteiger partial charge in [0.25, 0.3) is 0 Å². The maximum absolute atomic E-state index is 12.3. The van der Waals surface area contributed by atoms with Crippen LogP contribution in [-0.4, -0.2) is 30.5 Å². The Morgan fingerprint density at radius 2 is 1.81 bits per heavy atom. The van der Waals surface area contributed by atoms with E-state index in [-0.39, 0.29) is 5.91 Å². The van der Waals surface area contributed by atoms with Crippen molar-refractivity contribution in [2.75, 3.05) is 25.4 Å². The molecule has 0 aliphatic carbocycles. The van der Waals surface area contributed by atoms with Gasteiger partial charge in [-0.3, -0.25) is 4.79 Å². The van der Waals surface area contributed by atoms with Crippen LogP contribution in [0.15, 0.2) is 24.3 Å². The molecule has 0 fully saturated rings. The largest absolute Gasteiger partial charge is 0.493 e. The summed E-state index contributed by atoms with van der Waals surface area (Å²) in [5.74, 6) is 1.81. The van der Waals surface area contributed by atoms with Gasteiger partial charge < -0.3 is 15.4 Å². The third-order valence-corrected chi connectivity index (χ3v) is 2.97. The fraction of sp³-hybridized carbons (Fsp3) is 0.588. The highest BCUT2D eigenvalue weighted by Crippen LogP contribution is 2.15. The van der Waals surface area contributed by atoms with Crippen LogP contribution in [0.25, 0.3) is 0 Å². The molecule has 4 nitrogen and oxygen atoms in total. The standard InChI is InChI=1S/C17H28N2O2/c1-13(2)11-19(12-14(3)4)17(20)8-9-21-16-7-5-6-15(18)10-16/h5-7,10,13-14H,8-9,11-12,18H2,1-4H3. The zero-order valence-corrected chi connectivity index (χ0v) is 13.6. The Morgan fingerprint density at radius 1 is 1.19 bits per heavy atom. The van der Waals surface area contributed by atoms with Gasteiger partial charge in [-0.2, -0.15) is 0 Å². The van der Waals surface area contributed by atoms with Crippen molar-refractivity contribution >= 4 is 11.6 Å². The van der Waals surface area contributed by atoms with Crippen LogP contribution in [0.4, 0.5) is 5.69 Å². The van der Waals surface area contributed by atoms with Gasteiger partial charge in [-0.15, -0.1) is 0 Å². The number of benzene rings is 1. The summed E-state index contributed by atoms with van der Waals surface area (Å²) in [6.07, 6.45) is 0.397. The summed E-state index contributed by atoms with van der Waals surface area (Å²) >= 11 is 0. The molecule has 21 heavy (non-hydrogen) atoms. The number of hydrogen-bond donors (Lipinski definition) is 1. The average molecular weight is 292 g/mol. The number of amides is 1. The molecule has 0 spiro atoms. The highest BCUT2D eigenvalue weighted by atomic mass is 16.5. The lowest BCUT2D eigenvalue weighted by atomic mass is 10.1. The highest BCUT2D eigenvalue weighted by molar-refractivity contribution is 5.76. The van der Waals surface area contributed by atoms with Crippen LogP contribution in [0.5, 0.6) is 5.75 Å². The fourth-order valence-corrected chi connectivity index (χ4v) is 2.18. The Kier molecular flexibility index (Phi) is 7.06.